The van der Waals surface area contributed by atoms with E-state index >= 15 is 0 Å². The molecule has 1 aliphatic heterocycles. The SMILES string of the molecule is NC(=O)c1ccc(F)c(C=Nc2ccc([C@@H]3CCCNC3)cc2)c1N. The third-order valence-corrected chi connectivity index (χ3v) is 4.50. The van der Waals surface area contributed by atoms with Crippen LogP contribution < -0.4 is 16.8 Å². The van der Waals surface area contributed by atoms with E-state index in [1.165, 1.54) is 30.7 Å². The van der Waals surface area contributed by atoms with Crippen molar-refractivity contribution in [3.63, 3.8) is 0 Å². The summed E-state index contributed by atoms with van der Waals surface area (Å²) >= 11 is 0. The van der Waals surface area contributed by atoms with Crippen molar-refractivity contribution in [3.8, 4) is 0 Å². The van der Waals surface area contributed by atoms with E-state index in [9.17, 15) is 9.18 Å². The molecule has 1 fully saturated rings. The quantitative estimate of drug-likeness (QED) is 0.590. The minimum absolute atomic E-state index is 0.00106. The second-order valence-corrected chi connectivity index (χ2v) is 6.18. The van der Waals surface area contributed by atoms with Crippen molar-refractivity contribution in [3.05, 3.63) is 58.9 Å². The number of anilines is 1. The highest BCUT2D eigenvalue weighted by atomic mass is 19.1. The van der Waals surface area contributed by atoms with Crippen LogP contribution in [0.1, 0.15) is 40.2 Å². The molecule has 130 valence electrons. The average Bonchev–Trinajstić information content (AvgIpc) is 2.62. The molecule has 5 nitrogen and oxygen atoms in total. The topological polar surface area (TPSA) is 93.5 Å². The second-order valence-electron chi connectivity index (χ2n) is 6.18. The molecule has 1 heterocycles. The number of carbonyl (C=O) groups excluding carboxylic acids is 1. The number of piperidine rings is 1. The number of nitrogen functional groups attached to an aromatic ring is 1. The van der Waals surface area contributed by atoms with Gasteiger partial charge in [-0.05, 0) is 55.1 Å². The molecule has 6 heteroatoms. The van der Waals surface area contributed by atoms with Crippen LogP contribution in [0.25, 0.3) is 0 Å². The van der Waals surface area contributed by atoms with E-state index in [2.05, 4.69) is 10.3 Å². The maximum atomic E-state index is 14.0. The lowest BCUT2D eigenvalue weighted by Crippen LogP contribution is -2.28. The van der Waals surface area contributed by atoms with Crippen molar-refractivity contribution in [1.82, 2.24) is 5.32 Å². The van der Waals surface area contributed by atoms with E-state index in [1.54, 1.807) is 0 Å². The number of nitrogens with zero attached hydrogens (tertiary/aromatic N) is 1. The normalized spacial score (nSPS) is 17.7. The Morgan fingerprint density at radius 3 is 2.64 bits per heavy atom. The molecule has 3 rings (SSSR count). The van der Waals surface area contributed by atoms with Gasteiger partial charge >= 0.3 is 0 Å². The Labute approximate surface area is 145 Å². The second kappa shape index (κ2) is 7.44. The molecular formula is C19H21FN4O. The zero-order valence-corrected chi connectivity index (χ0v) is 13.8. The summed E-state index contributed by atoms with van der Waals surface area (Å²) in [6.45, 7) is 2.07. The fraction of sp³-hybridized carbons (Fsp3) is 0.263. The van der Waals surface area contributed by atoms with Crippen molar-refractivity contribution in [2.24, 2.45) is 10.7 Å². The van der Waals surface area contributed by atoms with E-state index in [0.29, 0.717) is 11.6 Å². The summed E-state index contributed by atoms with van der Waals surface area (Å²) in [4.78, 5) is 15.6. The zero-order valence-electron chi connectivity index (χ0n) is 13.8. The van der Waals surface area contributed by atoms with Crippen LogP contribution >= 0.6 is 0 Å². The third kappa shape index (κ3) is 3.85. The van der Waals surface area contributed by atoms with Crippen molar-refractivity contribution in [2.45, 2.75) is 18.8 Å². The molecule has 25 heavy (non-hydrogen) atoms. The number of rotatable bonds is 4. The van der Waals surface area contributed by atoms with Crippen molar-refractivity contribution < 1.29 is 9.18 Å². The van der Waals surface area contributed by atoms with Crippen LogP contribution in [-0.4, -0.2) is 25.2 Å². The van der Waals surface area contributed by atoms with Gasteiger partial charge in [-0.2, -0.15) is 0 Å². The molecule has 1 amide bonds. The van der Waals surface area contributed by atoms with Crippen LogP contribution in [0.3, 0.4) is 0 Å². The summed E-state index contributed by atoms with van der Waals surface area (Å²) in [5.41, 5.74) is 13.2. The predicted octanol–water partition coefficient (Wildman–Crippen LogP) is 2.72. The molecule has 0 aromatic heterocycles. The number of primary amides is 1. The van der Waals surface area contributed by atoms with Crippen LogP contribution in [0.2, 0.25) is 0 Å². The van der Waals surface area contributed by atoms with Gasteiger partial charge in [0.05, 0.1) is 22.5 Å². The van der Waals surface area contributed by atoms with Gasteiger partial charge in [0.1, 0.15) is 5.82 Å². The van der Waals surface area contributed by atoms with Gasteiger partial charge in [-0.15, -0.1) is 0 Å². The van der Waals surface area contributed by atoms with Gasteiger partial charge in [0, 0.05) is 12.8 Å². The Hall–Kier alpha value is -2.73. The minimum atomic E-state index is -0.697. The number of benzene rings is 2. The maximum Gasteiger partial charge on any atom is 0.250 e. The fourth-order valence-electron chi connectivity index (χ4n) is 3.06. The number of nitrogens with two attached hydrogens (primary N) is 2. The third-order valence-electron chi connectivity index (χ3n) is 4.50. The van der Waals surface area contributed by atoms with Crippen LogP contribution in [0.15, 0.2) is 41.4 Å². The standard InChI is InChI=1S/C19H21FN4O/c20-17-8-7-15(19(22)25)18(21)16(17)11-24-14-5-3-12(4-6-14)13-2-1-9-23-10-13/h3-8,11,13,23H,1-2,9-10,21H2,(H2,22,25)/t13-/m1/s1. The summed E-state index contributed by atoms with van der Waals surface area (Å²) in [6, 6.07) is 10.3. The molecule has 1 aliphatic rings. The summed E-state index contributed by atoms with van der Waals surface area (Å²) in [5, 5.41) is 3.40. The maximum absolute atomic E-state index is 14.0. The lowest BCUT2D eigenvalue weighted by atomic mass is 9.92. The zero-order chi connectivity index (χ0) is 17.8. The number of hydrogen-bond donors (Lipinski definition) is 3. The highest BCUT2D eigenvalue weighted by Gasteiger charge is 2.15. The van der Waals surface area contributed by atoms with Gasteiger partial charge in [0.2, 0.25) is 0 Å². The summed E-state index contributed by atoms with van der Waals surface area (Å²) in [6.07, 6.45) is 3.69. The monoisotopic (exact) mass is 340 g/mol. The van der Waals surface area contributed by atoms with Crippen LogP contribution in [-0.2, 0) is 0 Å². The molecule has 1 atom stereocenters. The number of hydrogen-bond acceptors (Lipinski definition) is 4. The van der Waals surface area contributed by atoms with E-state index in [-0.39, 0.29) is 16.8 Å². The van der Waals surface area contributed by atoms with Gasteiger partial charge < -0.3 is 16.8 Å². The van der Waals surface area contributed by atoms with Gasteiger partial charge in [-0.3, -0.25) is 9.79 Å². The Bertz CT molecular complexity index is 796. The molecule has 0 radical (unpaired) electrons. The van der Waals surface area contributed by atoms with Gasteiger partial charge in [-0.1, -0.05) is 12.1 Å². The molecular weight excluding hydrogens is 319 g/mol. The highest BCUT2D eigenvalue weighted by Crippen LogP contribution is 2.25. The predicted molar refractivity (Wildman–Crippen MR) is 97.9 cm³/mol. The Kier molecular flexibility index (Phi) is 5.09. The molecule has 0 saturated carbocycles. The molecule has 0 aliphatic carbocycles. The van der Waals surface area contributed by atoms with E-state index < -0.39 is 11.7 Å². The average molecular weight is 340 g/mol. The van der Waals surface area contributed by atoms with E-state index in [1.807, 2.05) is 24.3 Å². The van der Waals surface area contributed by atoms with E-state index in [0.717, 1.165) is 19.2 Å². The van der Waals surface area contributed by atoms with Gasteiger partial charge in [0.25, 0.3) is 5.91 Å². The van der Waals surface area contributed by atoms with Crippen LogP contribution in [0, 0.1) is 5.82 Å². The summed E-state index contributed by atoms with van der Waals surface area (Å²) in [5.74, 6) is -0.721. The summed E-state index contributed by atoms with van der Waals surface area (Å²) < 4.78 is 14.0. The number of aliphatic imine (C=N–C) groups is 1. The lowest BCUT2D eigenvalue weighted by molar-refractivity contribution is 0.100. The number of amides is 1. The number of nitrogens with one attached hydrogen (secondary N) is 1. The molecule has 0 bridgehead atoms. The molecule has 2 aromatic carbocycles. The molecule has 1 saturated heterocycles. The lowest BCUT2D eigenvalue weighted by Gasteiger charge is -2.23. The number of halogens is 1. The van der Waals surface area contributed by atoms with Crippen LogP contribution in [0.5, 0.6) is 0 Å². The van der Waals surface area contributed by atoms with Crippen molar-refractivity contribution in [1.29, 1.82) is 0 Å². The van der Waals surface area contributed by atoms with Crippen LogP contribution in [0.4, 0.5) is 15.8 Å². The Balaban J connectivity index is 1.80. The van der Waals surface area contributed by atoms with E-state index in [4.69, 9.17) is 11.5 Å². The molecule has 0 spiro atoms. The minimum Gasteiger partial charge on any atom is -0.397 e. The van der Waals surface area contributed by atoms with Crippen molar-refractivity contribution >= 4 is 23.5 Å². The van der Waals surface area contributed by atoms with Crippen molar-refractivity contribution in [2.75, 3.05) is 18.8 Å². The molecule has 0 unspecified atom stereocenters. The number of carbonyl (C=O) groups is 1. The smallest absolute Gasteiger partial charge is 0.250 e. The highest BCUT2D eigenvalue weighted by molar-refractivity contribution is 6.03. The first-order chi connectivity index (χ1) is 12.1. The Morgan fingerprint density at radius 2 is 2.00 bits per heavy atom. The largest absolute Gasteiger partial charge is 0.397 e. The first-order valence-electron chi connectivity index (χ1n) is 8.29. The molecule has 2 aromatic rings. The van der Waals surface area contributed by atoms with Gasteiger partial charge in [0.15, 0.2) is 0 Å². The fourth-order valence-corrected chi connectivity index (χ4v) is 3.06. The summed E-state index contributed by atoms with van der Waals surface area (Å²) in [7, 11) is 0. The molecule has 5 N–H and O–H groups in total. The van der Waals surface area contributed by atoms with Gasteiger partial charge in [-0.25, -0.2) is 4.39 Å². The first-order valence-corrected chi connectivity index (χ1v) is 8.29. The first kappa shape index (κ1) is 17.1. The Morgan fingerprint density at radius 1 is 1.24 bits per heavy atom.